The Morgan fingerprint density at radius 1 is 1.50 bits per heavy atom. The molecule has 0 aromatic carbocycles. The number of nitrogens with zero attached hydrogens (tertiary/aromatic N) is 4. The van der Waals surface area contributed by atoms with Gasteiger partial charge in [0.05, 0.1) is 0 Å². The number of amides is 1. The summed E-state index contributed by atoms with van der Waals surface area (Å²) in [6, 6.07) is 0.299. The molecule has 1 aliphatic carbocycles. The molecule has 1 aliphatic rings. The molecule has 1 aromatic rings. The SMILES string of the molecule is CCS[C@@H]1CCCC[C@@H]1NC(=O)Cn1cnnn1. The minimum absolute atomic E-state index is 0.00379. The van der Waals surface area contributed by atoms with Gasteiger partial charge in [-0.1, -0.05) is 19.8 Å². The Morgan fingerprint density at radius 3 is 3.06 bits per heavy atom. The van der Waals surface area contributed by atoms with Crippen molar-refractivity contribution in [2.24, 2.45) is 0 Å². The molecule has 2 atom stereocenters. The van der Waals surface area contributed by atoms with E-state index in [1.54, 1.807) is 0 Å². The summed E-state index contributed by atoms with van der Waals surface area (Å²) in [6.45, 7) is 2.37. The molecular weight excluding hydrogens is 250 g/mol. The fraction of sp³-hybridized carbons (Fsp3) is 0.818. The molecule has 0 saturated heterocycles. The predicted molar refractivity (Wildman–Crippen MR) is 70.1 cm³/mol. The van der Waals surface area contributed by atoms with E-state index in [2.05, 4.69) is 27.8 Å². The van der Waals surface area contributed by atoms with Gasteiger partial charge in [0.1, 0.15) is 12.9 Å². The summed E-state index contributed by atoms with van der Waals surface area (Å²) in [5, 5.41) is 14.4. The second kappa shape index (κ2) is 6.72. The normalized spacial score (nSPS) is 23.8. The molecule has 1 aromatic heterocycles. The van der Waals surface area contributed by atoms with Crippen molar-refractivity contribution >= 4 is 17.7 Å². The monoisotopic (exact) mass is 269 g/mol. The second-order valence-corrected chi connectivity index (χ2v) is 5.98. The molecule has 7 heteroatoms. The first-order chi connectivity index (χ1) is 8.79. The number of hydrogen-bond acceptors (Lipinski definition) is 5. The number of carbonyl (C=O) groups is 1. The highest BCUT2D eigenvalue weighted by atomic mass is 32.2. The van der Waals surface area contributed by atoms with Crippen LogP contribution in [-0.2, 0) is 11.3 Å². The maximum Gasteiger partial charge on any atom is 0.242 e. The highest BCUT2D eigenvalue weighted by Gasteiger charge is 2.26. The van der Waals surface area contributed by atoms with Crippen LogP contribution >= 0.6 is 11.8 Å². The van der Waals surface area contributed by atoms with Gasteiger partial charge in [-0.15, -0.1) is 5.10 Å². The van der Waals surface area contributed by atoms with Crippen molar-refractivity contribution in [2.75, 3.05) is 5.75 Å². The van der Waals surface area contributed by atoms with Gasteiger partial charge in [-0.2, -0.15) is 11.8 Å². The molecule has 6 nitrogen and oxygen atoms in total. The van der Waals surface area contributed by atoms with Crippen molar-refractivity contribution in [3.8, 4) is 0 Å². The van der Waals surface area contributed by atoms with Gasteiger partial charge in [0.2, 0.25) is 5.91 Å². The lowest BCUT2D eigenvalue weighted by molar-refractivity contribution is -0.122. The van der Waals surface area contributed by atoms with E-state index < -0.39 is 0 Å². The zero-order chi connectivity index (χ0) is 12.8. The molecule has 18 heavy (non-hydrogen) atoms. The van der Waals surface area contributed by atoms with Gasteiger partial charge in [0.25, 0.3) is 0 Å². The largest absolute Gasteiger partial charge is 0.351 e. The van der Waals surface area contributed by atoms with E-state index in [0.29, 0.717) is 11.3 Å². The van der Waals surface area contributed by atoms with E-state index in [0.717, 1.165) is 12.2 Å². The van der Waals surface area contributed by atoms with E-state index in [9.17, 15) is 4.79 Å². The molecule has 0 unspecified atom stereocenters. The average molecular weight is 269 g/mol. The highest BCUT2D eigenvalue weighted by Crippen LogP contribution is 2.28. The first-order valence-corrected chi connectivity index (χ1v) is 7.46. The predicted octanol–water partition coefficient (Wildman–Crippen LogP) is 0.854. The third-order valence-electron chi connectivity index (χ3n) is 3.13. The van der Waals surface area contributed by atoms with Crippen molar-refractivity contribution in [1.82, 2.24) is 25.5 Å². The van der Waals surface area contributed by atoms with E-state index in [-0.39, 0.29) is 12.5 Å². The topological polar surface area (TPSA) is 72.7 Å². The molecule has 2 rings (SSSR count). The maximum absolute atomic E-state index is 11.9. The van der Waals surface area contributed by atoms with Gasteiger partial charge in [0, 0.05) is 11.3 Å². The summed E-state index contributed by atoms with van der Waals surface area (Å²) in [5.41, 5.74) is 0. The van der Waals surface area contributed by atoms with Crippen LogP contribution in [0.2, 0.25) is 0 Å². The zero-order valence-electron chi connectivity index (χ0n) is 10.6. The summed E-state index contributed by atoms with van der Waals surface area (Å²) in [4.78, 5) is 11.9. The Kier molecular flexibility index (Phi) is 4.98. The van der Waals surface area contributed by atoms with Crippen LogP contribution in [0.3, 0.4) is 0 Å². The maximum atomic E-state index is 11.9. The Morgan fingerprint density at radius 2 is 2.33 bits per heavy atom. The van der Waals surface area contributed by atoms with Gasteiger partial charge >= 0.3 is 0 Å². The summed E-state index contributed by atoms with van der Waals surface area (Å²) in [6.07, 6.45) is 6.22. The fourth-order valence-electron chi connectivity index (χ4n) is 2.33. The van der Waals surface area contributed by atoms with E-state index in [4.69, 9.17) is 0 Å². The molecule has 1 saturated carbocycles. The Bertz CT molecular complexity index is 368. The van der Waals surface area contributed by atoms with Crippen molar-refractivity contribution in [3.05, 3.63) is 6.33 Å². The summed E-state index contributed by atoms with van der Waals surface area (Å²) >= 11 is 1.95. The Hall–Kier alpha value is -1.11. The lowest BCUT2D eigenvalue weighted by Crippen LogP contribution is -2.45. The molecular formula is C11H19N5OS. The number of tetrazole rings is 1. The third kappa shape index (κ3) is 3.69. The smallest absolute Gasteiger partial charge is 0.242 e. The Balaban J connectivity index is 1.84. The molecule has 0 spiro atoms. The average Bonchev–Trinajstić information content (AvgIpc) is 2.84. The molecule has 1 amide bonds. The van der Waals surface area contributed by atoms with Gasteiger partial charge in [-0.25, -0.2) is 4.68 Å². The quantitative estimate of drug-likeness (QED) is 0.858. The van der Waals surface area contributed by atoms with Crippen LogP contribution in [0.1, 0.15) is 32.6 Å². The number of hydrogen-bond donors (Lipinski definition) is 1. The van der Waals surface area contributed by atoms with Crippen LogP contribution in [-0.4, -0.2) is 43.2 Å². The minimum atomic E-state index is -0.00379. The third-order valence-corrected chi connectivity index (χ3v) is 4.45. The van der Waals surface area contributed by atoms with Crippen LogP contribution in [0.5, 0.6) is 0 Å². The minimum Gasteiger partial charge on any atom is -0.351 e. The molecule has 1 fully saturated rings. The van der Waals surface area contributed by atoms with Gasteiger partial charge in [-0.05, 0) is 29.0 Å². The second-order valence-electron chi connectivity index (χ2n) is 4.46. The molecule has 1 N–H and O–H groups in total. The molecule has 0 aliphatic heterocycles. The summed E-state index contributed by atoms with van der Waals surface area (Å²) in [5.74, 6) is 1.10. The van der Waals surface area contributed by atoms with Gasteiger partial charge in [-0.3, -0.25) is 4.79 Å². The summed E-state index contributed by atoms with van der Waals surface area (Å²) < 4.78 is 1.44. The molecule has 100 valence electrons. The number of thioether (sulfide) groups is 1. The van der Waals surface area contributed by atoms with Crippen LogP contribution in [0, 0.1) is 0 Å². The number of nitrogens with one attached hydrogen (secondary N) is 1. The van der Waals surface area contributed by atoms with Crippen molar-refractivity contribution in [2.45, 2.75) is 50.4 Å². The Labute approximate surface area is 111 Å². The van der Waals surface area contributed by atoms with E-state index in [1.165, 1.54) is 30.3 Å². The zero-order valence-corrected chi connectivity index (χ0v) is 11.4. The fourth-order valence-corrected chi connectivity index (χ4v) is 3.53. The van der Waals surface area contributed by atoms with E-state index >= 15 is 0 Å². The van der Waals surface area contributed by atoms with Crippen molar-refractivity contribution in [1.29, 1.82) is 0 Å². The molecule has 0 bridgehead atoms. The first-order valence-electron chi connectivity index (χ1n) is 6.41. The number of carbonyl (C=O) groups excluding carboxylic acids is 1. The first kappa shape index (κ1) is 13.3. The van der Waals surface area contributed by atoms with Gasteiger partial charge < -0.3 is 5.32 Å². The van der Waals surface area contributed by atoms with Crippen molar-refractivity contribution < 1.29 is 4.79 Å². The van der Waals surface area contributed by atoms with E-state index in [1.807, 2.05) is 11.8 Å². The lowest BCUT2D eigenvalue weighted by atomic mass is 9.95. The highest BCUT2D eigenvalue weighted by molar-refractivity contribution is 7.99. The lowest BCUT2D eigenvalue weighted by Gasteiger charge is -2.31. The van der Waals surface area contributed by atoms with Crippen molar-refractivity contribution in [3.63, 3.8) is 0 Å². The van der Waals surface area contributed by atoms with Crippen LogP contribution in [0.15, 0.2) is 6.33 Å². The number of rotatable bonds is 5. The van der Waals surface area contributed by atoms with Crippen LogP contribution in [0.4, 0.5) is 0 Å². The van der Waals surface area contributed by atoms with Gasteiger partial charge in [0.15, 0.2) is 0 Å². The number of aromatic nitrogens is 4. The van der Waals surface area contributed by atoms with Crippen LogP contribution < -0.4 is 5.32 Å². The molecule has 0 radical (unpaired) electrons. The van der Waals surface area contributed by atoms with Crippen LogP contribution in [0.25, 0.3) is 0 Å². The standard InChI is InChI=1S/C11H19N5OS/c1-2-18-10-6-4-3-5-9(10)13-11(17)7-16-8-12-14-15-16/h8-10H,2-7H2,1H3,(H,13,17)/t9-,10+/m0/s1. The molecule has 1 heterocycles. The summed E-state index contributed by atoms with van der Waals surface area (Å²) in [7, 11) is 0.